The predicted molar refractivity (Wildman–Crippen MR) is 200 cm³/mol. The minimum Gasteiger partial charge on any atom is -0.326 e. The Kier molecular flexibility index (Phi) is 17.4. The van der Waals surface area contributed by atoms with E-state index in [2.05, 4.69) is 139 Å². The fourth-order valence-corrected chi connectivity index (χ4v) is 6.06. The first-order valence-electron chi connectivity index (χ1n) is 16.4. The largest absolute Gasteiger partial charge is 0.326 e. The molecule has 256 valence electrons. The number of hydroxylamine groups is 4. The second-order valence-corrected chi connectivity index (χ2v) is 12.9. The van der Waals surface area contributed by atoms with E-state index in [0.717, 1.165) is 22.3 Å². The monoisotopic (exact) mass is 659 g/mol. The first-order chi connectivity index (χ1) is 22.0. The van der Waals surface area contributed by atoms with Gasteiger partial charge in [0.25, 0.3) is 0 Å². The Morgan fingerprint density at radius 2 is 0.872 bits per heavy atom. The minimum absolute atomic E-state index is 0. The van der Waals surface area contributed by atoms with E-state index < -0.39 is 0 Å². The summed E-state index contributed by atoms with van der Waals surface area (Å²) in [7, 11) is 4.03. The van der Waals surface area contributed by atoms with Crippen LogP contribution in [-0.4, -0.2) is 24.2 Å². The third-order valence-electron chi connectivity index (χ3n) is 8.27. The van der Waals surface area contributed by atoms with Crippen molar-refractivity contribution in [3.05, 3.63) is 143 Å². The molecule has 4 aromatic rings. The number of nitrogens with two attached hydrogens (primary N) is 1. The van der Waals surface area contributed by atoms with E-state index in [1.807, 2.05) is 36.4 Å². The van der Waals surface area contributed by atoms with E-state index in [1.54, 1.807) is 0 Å². The first-order valence-corrected chi connectivity index (χ1v) is 16.9. The Labute approximate surface area is 290 Å². The summed E-state index contributed by atoms with van der Waals surface area (Å²) in [5.41, 5.74) is 12.8. The van der Waals surface area contributed by atoms with E-state index in [9.17, 15) is 0 Å². The molecule has 0 fully saturated rings. The highest BCUT2D eigenvalue weighted by Gasteiger charge is 2.24. The second kappa shape index (κ2) is 20.4. The van der Waals surface area contributed by atoms with Gasteiger partial charge in [0, 0.05) is 26.5 Å². The van der Waals surface area contributed by atoms with Crippen molar-refractivity contribution in [2.24, 2.45) is 17.6 Å². The molecule has 2 N–H and O–H groups in total. The molecular weight excluding hydrogens is 602 g/mol. The van der Waals surface area contributed by atoms with Crippen molar-refractivity contribution < 1.29 is 9.68 Å². The zero-order valence-corrected chi connectivity index (χ0v) is 29.7. The molecule has 0 amide bonds. The number of rotatable bonds is 14. The summed E-state index contributed by atoms with van der Waals surface area (Å²) >= 11 is 5.85. The molecule has 0 radical (unpaired) electrons. The van der Waals surface area contributed by atoms with Gasteiger partial charge in [0.05, 0.1) is 12.1 Å². The highest BCUT2D eigenvalue weighted by Crippen LogP contribution is 2.32. The summed E-state index contributed by atoms with van der Waals surface area (Å²) in [6.45, 7) is 13.6. The lowest BCUT2D eigenvalue weighted by atomic mass is 9.96. The maximum absolute atomic E-state index is 6.19. The Morgan fingerprint density at radius 1 is 0.532 bits per heavy atom. The molecule has 4 atom stereocenters. The molecular formula is C41H58ClN3O2. The third-order valence-corrected chi connectivity index (χ3v) is 8.57. The van der Waals surface area contributed by atoms with Crippen LogP contribution in [0.15, 0.2) is 109 Å². The Morgan fingerprint density at radius 3 is 1.17 bits per heavy atom. The standard InChI is InChI=1S/C20H26ClNO.C20H28N2O.CH4/c2*1-15(2)20(19-8-6-5-7-9-19)22(4)23-16(3)18-12-10-17(14-21)11-13-18;/h5-13,15-16,20H,14H2,1-4H3;5-13,15-16,20H,14,21H2,1-4H3;1H4. The van der Waals surface area contributed by atoms with Crippen LogP contribution in [0.1, 0.15) is 107 Å². The fraction of sp³-hybridized carbons (Fsp3) is 0.415. The summed E-state index contributed by atoms with van der Waals surface area (Å²) in [4.78, 5) is 12.4. The Bertz CT molecular complexity index is 1270. The van der Waals surface area contributed by atoms with Crippen LogP contribution in [0.5, 0.6) is 0 Å². The van der Waals surface area contributed by atoms with Gasteiger partial charge in [-0.3, -0.25) is 9.68 Å². The molecule has 0 aliphatic carbocycles. The molecule has 4 unspecified atom stereocenters. The van der Waals surface area contributed by atoms with E-state index in [0.29, 0.717) is 24.3 Å². The van der Waals surface area contributed by atoms with Gasteiger partial charge < -0.3 is 5.73 Å². The number of nitrogens with zero attached hydrogens (tertiary/aromatic N) is 2. The molecule has 0 spiro atoms. The van der Waals surface area contributed by atoms with Gasteiger partial charge in [-0.1, -0.05) is 144 Å². The van der Waals surface area contributed by atoms with Gasteiger partial charge in [0.15, 0.2) is 0 Å². The second-order valence-electron chi connectivity index (χ2n) is 12.6. The molecule has 0 aromatic heterocycles. The maximum Gasteiger partial charge on any atom is 0.101 e. The lowest BCUT2D eigenvalue weighted by molar-refractivity contribution is -0.212. The van der Waals surface area contributed by atoms with E-state index in [-0.39, 0.29) is 31.7 Å². The highest BCUT2D eigenvalue weighted by molar-refractivity contribution is 6.17. The van der Waals surface area contributed by atoms with Crippen molar-refractivity contribution in [3.8, 4) is 0 Å². The lowest BCUT2D eigenvalue weighted by Gasteiger charge is -2.33. The van der Waals surface area contributed by atoms with Gasteiger partial charge in [-0.15, -0.1) is 11.6 Å². The van der Waals surface area contributed by atoms with Crippen molar-refractivity contribution in [1.29, 1.82) is 0 Å². The van der Waals surface area contributed by atoms with Gasteiger partial charge >= 0.3 is 0 Å². The summed E-state index contributed by atoms with van der Waals surface area (Å²) in [5, 5.41) is 3.97. The van der Waals surface area contributed by atoms with Crippen molar-refractivity contribution in [1.82, 2.24) is 10.1 Å². The van der Waals surface area contributed by atoms with Crippen molar-refractivity contribution in [2.75, 3.05) is 14.1 Å². The van der Waals surface area contributed by atoms with Gasteiger partial charge in [-0.25, -0.2) is 0 Å². The molecule has 0 aliphatic rings. The molecule has 0 heterocycles. The predicted octanol–water partition coefficient (Wildman–Crippen LogP) is 10.9. The summed E-state index contributed by atoms with van der Waals surface area (Å²) in [5.74, 6) is 1.45. The summed E-state index contributed by atoms with van der Waals surface area (Å²) < 4.78 is 0. The van der Waals surface area contributed by atoms with Crippen molar-refractivity contribution >= 4 is 11.6 Å². The average molecular weight is 660 g/mol. The van der Waals surface area contributed by atoms with E-state index >= 15 is 0 Å². The Hall–Kier alpha value is -3.03. The number of halogens is 1. The number of hydrogen-bond acceptors (Lipinski definition) is 5. The lowest BCUT2D eigenvalue weighted by Crippen LogP contribution is -2.29. The zero-order chi connectivity index (χ0) is 33.6. The summed E-state index contributed by atoms with van der Waals surface area (Å²) in [6, 6.07) is 38.1. The molecule has 4 aromatic carbocycles. The van der Waals surface area contributed by atoms with Gasteiger partial charge in [0.1, 0.15) is 12.2 Å². The molecule has 0 saturated carbocycles. The number of benzene rings is 4. The van der Waals surface area contributed by atoms with Crippen LogP contribution >= 0.6 is 11.6 Å². The van der Waals surface area contributed by atoms with E-state index in [1.165, 1.54) is 11.1 Å². The average Bonchev–Trinajstić information content (AvgIpc) is 3.06. The van der Waals surface area contributed by atoms with Crippen molar-refractivity contribution in [3.63, 3.8) is 0 Å². The van der Waals surface area contributed by atoms with Crippen molar-refractivity contribution in [2.45, 2.75) is 85.7 Å². The molecule has 47 heavy (non-hydrogen) atoms. The smallest absolute Gasteiger partial charge is 0.101 e. The van der Waals surface area contributed by atoms with Gasteiger partial charge in [-0.05, 0) is 59.1 Å². The van der Waals surface area contributed by atoms with Gasteiger partial charge in [-0.2, -0.15) is 10.1 Å². The zero-order valence-electron chi connectivity index (χ0n) is 28.9. The van der Waals surface area contributed by atoms with Gasteiger partial charge in [0.2, 0.25) is 0 Å². The minimum atomic E-state index is -0.00524. The van der Waals surface area contributed by atoms with Crippen LogP contribution in [0.2, 0.25) is 0 Å². The Balaban J connectivity index is 0.000000320. The molecule has 0 aliphatic heterocycles. The highest BCUT2D eigenvalue weighted by atomic mass is 35.5. The number of hydrogen-bond donors (Lipinski definition) is 1. The summed E-state index contributed by atoms with van der Waals surface area (Å²) in [6.07, 6.45) is -0.00822. The maximum atomic E-state index is 6.19. The molecule has 5 nitrogen and oxygen atoms in total. The topological polar surface area (TPSA) is 51.0 Å². The van der Waals surface area contributed by atoms with Crippen LogP contribution in [0, 0.1) is 11.8 Å². The van der Waals surface area contributed by atoms with Crippen LogP contribution in [0.4, 0.5) is 0 Å². The SMILES string of the molecule is C.CC(ON(C)C(c1ccccc1)C(C)C)c1ccc(CCl)cc1.CC(ON(C)C(c1ccccc1)C(C)C)c1ccc(CN)cc1. The van der Waals surface area contributed by atoms with E-state index in [4.69, 9.17) is 27.0 Å². The molecule has 0 bridgehead atoms. The first kappa shape index (κ1) is 40.1. The van der Waals surface area contributed by atoms with Crippen LogP contribution in [0.3, 0.4) is 0 Å². The molecule has 4 rings (SSSR count). The normalized spacial score (nSPS) is 13.9. The quantitative estimate of drug-likeness (QED) is 0.108. The van der Waals surface area contributed by atoms with Crippen LogP contribution in [-0.2, 0) is 22.1 Å². The fourth-order valence-electron chi connectivity index (χ4n) is 5.88. The molecule has 0 saturated heterocycles. The molecule has 6 heteroatoms. The van der Waals surface area contributed by atoms with Crippen LogP contribution < -0.4 is 5.73 Å². The number of alkyl halides is 1. The third kappa shape index (κ3) is 12.2. The van der Waals surface area contributed by atoms with Crippen LogP contribution in [0.25, 0.3) is 0 Å².